The Labute approximate surface area is 161 Å². The monoisotopic (exact) mass is 466 g/mol. The van der Waals surface area contributed by atoms with Gasteiger partial charge in [-0.25, -0.2) is 13.2 Å². The number of aliphatic hydroxyl groups excluding tert-OH is 2. The fourth-order valence-electron chi connectivity index (χ4n) is 2.73. The maximum Gasteiger partial charge on any atom is 0.422 e. The number of hydrogen-bond acceptors (Lipinski definition) is 2. The summed E-state index contributed by atoms with van der Waals surface area (Å²) in [5.74, 6) is -13.5. The highest BCUT2D eigenvalue weighted by molar-refractivity contribution is 5.41. The minimum absolute atomic E-state index is 0.943. The van der Waals surface area contributed by atoms with Crippen LogP contribution in [0.25, 0.3) is 0 Å². The van der Waals surface area contributed by atoms with Gasteiger partial charge in [0.2, 0.25) is 0 Å². The van der Waals surface area contributed by atoms with Crippen molar-refractivity contribution in [3.8, 4) is 0 Å². The maximum atomic E-state index is 14.2. The molecule has 0 aromatic heterocycles. The van der Waals surface area contributed by atoms with Gasteiger partial charge in [-0.3, -0.25) is 0 Å². The van der Waals surface area contributed by atoms with Gasteiger partial charge in [-0.1, -0.05) is 20.8 Å². The fourth-order valence-corrected chi connectivity index (χ4v) is 2.73. The summed E-state index contributed by atoms with van der Waals surface area (Å²) in [4.78, 5) is 0. The topological polar surface area (TPSA) is 40.5 Å². The van der Waals surface area contributed by atoms with Gasteiger partial charge in [-0.15, -0.1) is 0 Å². The van der Waals surface area contributed by atoms with Crippen LogP contribution in [-0.2, 0) is 12.4 Å². The molecule has 0 aliphatic rings. The molecule has 2 N–H and O–H groups in total. The predicted molar refractivity (Wildman–Crippen MR) is 76.3 cm³/mol. The summed E-state index contributed by atoms with van der Waals surface area (Å²) in [6, 6.07) is 0. The number of halogens is 12. The second-order valence-electron chi connectivity index (χ2n) is 7.42. The van der Waals surface area contributed by atoms with Crippen LogP contribution in [0.2, 0.25) is 0 Å². The summed E-state index contributed by atoms with van der Waals surface area (Å²) in [5, 5.41) is 19.8. The van der Waals surface area contributed by atoms with E-state index < -0.39 is 76.2 Å². The van der Waals surface area contributed by atoms with Gasteiger partial charge in [-0.05, 0) is 5.41 Å². The molecule has 0 amide bonds. The SMILES string of the molecule is CC(C)(C)C(O)C(C(O)c1c(F)c(F)c(C(F)(F)F)c(F)c1C(F)(F)F)C(F)(F)F. The van der Waals surface area contributed by atoms with Gasteiger partial charge in [0.1, 0.15) is 17.0 Å². The normalized spacial score (nSPS) is 17.1. The molecule has 0 aliphatic carbocycles. The molecule has 14 heteroatoms. The molecular weight excluding hydrogens is 452 g/mol. The molecule has 174 valence electrons. The van der Waals surface area contributed by atoms with Crippen LogP contribution < -0.4 is 0 Å². The number of rotatable bonds is 3. The van der Waals surface area contributed by atoms with Crippen LogP contribution in [0.4, 0.5) is 52.7 Å². The van der Waals surface area contributed by atoms with Crippen molar-refractivity contribution in [1.82, 2.24) is 0 Å². The van der Waals surface area contributed by atoms with Crippen LogP contribution >= 0.6 is 0 Å². The van der Waals surface area contributed by atoms with E-state index in [1.807, 2.05) is 0 Å². The van der Waals surface area contributed by atoms with Crippen molar-refractivity contribution >= 4 is 0 Å². The molecule has 0 heterocycles. The second kappa shape index (κ2) is 7.77. The third-order valence-corrected chi connectivity index (χ3v) is 4.17. The van der Waals surface area contributed by atoms with Crippen molar-refractivity contribution in [2.45, 2.75) is 51.5 Å². The molecule has 0 aliphatic heterocycles. The summed E-state index contributed by atoms with van der Waals surface area (Å²) in [6.45, 7) is 2.83. The minimum Gasteiger partial charge on any atom is -0.392 e. The largest absolute Gasteiger partial charge is 0.422 e. The summed E-state index contributed by atoms with van der Waals surface area (Å²) >= 11 is 0. The van der Waals surface area contributed by atoms with Crippen molar-refractivity contribution in [1.29, 1.82) is 0 Å². The number of benzene rings is 1. The molecule has 0 radical (unpaired) electrons. The average molecular weight is 466 g/mol. The third-order valence-electron chi connectivity index (χ3n) is 4.17. The van der Waals surface area contributed by atoms with Crippen LogP contribution in [0.15, 0.2) is 0 Å². The van der Waals surface area contributed by atoms with Gasteiger partial charge in [0, 0.05) is 5.56 Å². The van der Waals surface area contributed by atoms with Crippen LogP contribution in [0.1, 0.15) is 43.6 Å². The highest BCUT2D eigenvalue weighted by Crippen LogP contribution is 2.49. The lowest BCUT2D eigenvalue weighted by atomic mass is 9.76. The van der Waals surface area contributed by atoms with Gasteiger partial charge >= 0.3 is 18.5 Å². The molecule has 1 aromatic carbocycles. The predicted octanol–water partition coefficient (Wildman–Crippen LogP) is 5.76. The molecule has 30 heavy (non-hydrogen) atoms. The average Bonchev–Trinajstić information content (AvgIpc) is 2.45. The van der Waals surface area contributed by atoms with Crippen LogP contribution in [0, 0.1) is 28.8 Å². The van der Waals surface area contributed by atoms with Crippen LogP contribution in [0.5, 0.6) is 0 Å². The Kier molecular flexibility index (Phi) is 6.82. The van der Waals surface area contributed by atoms with E-state index >= 15 is 0 Å². The van der Waals surface area contributed by atoms with Gasteiger partial charge in [0.25, 0.3) is 0 Å². The summed E-state index contributed by atoms with van der Waals surface area (Å²) < 4.78 is 160. The molecule has 1 rings (SSSR count). The zero-order valence-electron chi connectivity index (χ0n) is 15.2. The van der Waals surface area contributed by atoms with E-state index in [2.05, 4.69) is 0 Å². The molecule has 3 atom stereocenters. The first kappa shape index (κ1) is 26.3. The summed E-state index contributed by atoms with van der Waals surface area (Å²) in [7, 11) is 0. The first-order valence-electron chi connectivity index (χ1n) is 7.82. The number of alkyl halides is 9. The van der Waals surface area contributed by atoms with Crippen molar-refractivity contribution in [2.24, 2.45) is 11.3 Å². The van der Waals surface area contributed by atoms with E-state index in [1.165, 1.54) is 0 Å². The highest BCUT2D eigenvalue weighted by atomic mass is 19.4. The van der Waals surface area contributed by atoms with Crippen molar-refractivity contribution < 1.29 is 62.9 Å². The van der Waals surface area contributed by atoms with Crippen LogP contribution in [0.3, 0.4) is 0 Å². The molecule has 1 aromatic rings. The Hall–Kier alpha value is -1.70. The Morgan fingerprint density at radius 3 is 1.33 bits per heavy atom. The molecule has 2 nitrogen and oxygen atoms in total. The first-order valence-corrected chi connectivity index (χ1v) is 7.82. The summed E-state index contributed by atoms with van der Waals surface area (Å²) in [5.41, 5.74) is -11.1. The van der Waals surface area contributed by atoms with E-state index in [0.717, 1.165) is 20.8 Å². The summed E-state index contributed by atoms with van der Waals surface area (Å²) in [6.07, 6.45) is -24.8. The van der Waals surface area contributed by atoms with E-state index in [-0.39, 0.29) is 0 Å². The van der Waals surface area contributed by atoms with E-state index in [4.69, 9.17) is 0 Å². The third kappa shape index (κ3) is 4.95. The van der Waals surface area contributed by atoms with E-state index in [9.17, 15) is 62.9 Å². The molecule has 3 unspecified atom stereocenters. The highest BCUT2D eigenvalue weighted by Gasteiger charge is 2.56. The van der Waals surface area contributed by atoms with Crippen LogP contribution in [-0.4, -0.2) is 22.5 Å². The van der Waals surface area contributed by atoms with Crippen molar-refractivity contribution in [3.05, 3.63) is 34.1 Å². The quantitative estimate of drug-likeness (QED) is 0.440. The Morgan fingerprint density at radius 1 is 0.633 bits per heavy atom. The lowest BCUT2D eigenvalue weighted by Crippen LogP contribution is -2.46. The lowest BCUT2D eigenvalue weighted by Gasteiger charge is -2.37. The number of hydrogen-bond donors (Lipinski definition) is 2. The standard InChI is InChI=1S/C16H14F12O2/c1-13(2,3)12(30)7(16(26,27)28)11(29)4-5(14(20,21)22)9(18)6(15(23,24)25)10(19)8(4)17/h7,11-12,29-30H,1-3H3. The van der Waals surface area contributed by atoms with Gasteiger partial charge in [0.05, 0.1) is 12.2 Å². The molecule has 0 saturated heterocycles. The Balaban J connectivity index is 4.04. The lowest BCUT2D eigenvalue weighted by molar-refractivity contribution is -0.241. The molecule has 0 bridgehead atoms. The Bertz CT molecular complexity index is 786. The maximum absolute atomic E-state index is 14.2. The zero-order chi connectivity index (χ0) is 24.2. The van der Waals surface area contributed by atoms with E-state index in [0.29, 0.717) is 0 Å². The second-order valence-corrected chi connectivity index (χ2v) is 7.42. The molecule has 0 saturated carbocycles. The van der Waals surface area contributed by atoms with Gasteiger partial charge in [0.15, 0.2) is 17.5 Å². The fraction of sp³-hybridized carbons (Fsp3) is 0.625. The van der Waals surface area contributed by atoms with Gasteiger partial charge in [-0.2, -0.15) is 39.5 Å². The van der Waals surface area contributed by atoms with Crippen molar-refractivity contribution in [2.75, 3.05) is 0 Å². The molecule has 0 spiro atoms. The van der Waals surface area contributed by atoms with E-state index in [1.54, 1.807) is 0 Å². The minimum atomic E-state index is -6.27. The number of aliphatic hydroxyl groups is 2. The first-order chi connectivity index (χ1) is 13.0. The Morgan fingerprint density at radius 2 is 1.03 bits per heavy atom. The molecular formula is C16H14F12O2. The molecule has 0 fully saturated rings. The van der Waals surface area contributed by atoms with Gasteiger partial charge < -0.3 is 10.2 Å². The van der Waals surface area contributed by atoms with Crippen molar-refractivity contribution in [3.63, 3.8) is 0 Å². The zero-order valence-corrected chi connectivity index (χ0v) is 15.2. The smallest absolute Gasteiger partial charge is 0.392 e.